The molecule has 0 unspecified atom stereocenters. The average Bonchev–Trinajstić information content (AvgIpc) is 3.22. The maximum atomic E-state index is 13.9. The summed E-state index contributed by atoms with van der Waals surface area (Å²) in [6.07, 6.45) is 0. The highest BCUT2D eigenvalue weighted by molar-refractivity contribution is 7.99. The number of anilines is 1. The summed E-state index contributed by atoms with van der Waals surface area (Å²) in [5.74, 6) is 0.748. The lowest BCUT2D eigenvalue weighted by molar-refractivity contribution is 0.102. The van der Waals surface area contributed by atoms with Crippen LogP contribution in [0.15, 0.2) is 47.6 Å². The van der Waals surface area contributed by atoms with Gasteiger partial charge in [0.15, 0.2) is 10.9 Å². The number of carbonyl (C=O) groups is 1. The Morgan fingerprint density at radius 1 is 1.23 bits per heavy atom. The van der Waals surface area contributed by atoms with E-state index in [-0.39, 0.29) is 17.4 Å². The molecule has 0 saturated carbocycles. The number of hydrogen-bond donors (Lipinski definition) is 0. The maximum Gasteiger partial charge on any atom is 0.232 e. The molecule has 0 atom stereocenters. The van der Waals surface area contributed by atoms with Crippen molar-refractivity contribution < 1.29 is 18.7 Å². The van der Waals surface area contributed by atoms with Gasteiger partial charge in [-0.1, -0.05) is 29.4 Å². The second-order valence-electron chi connectivity index (χ2n) is 6.76. The fraction of sp³-hybridized carbons (Fsp3) is 0.286. The van der Waals surface area contributed by atoms with Gasteiger partial charge in [0.1, 0.15) is 11.6 Å². The largest absolute Gasteiger partial charge is 0.495 e. The lowest BCUT2D eigenvalue weighted by Crippen LogP contribution is -2.37. The number of benzene rings is 2. The summed E-state index contributed by atoms with van der Waals surface area (Å²) in [5, 5.41) is 9.48. The molecule has 1 aliphatic rings. The lowest BCUT2D eigenvalue weighted by atomic mass is 10.1. The highest BCUT2D eigenvalue weighted by Crippen LogP contribution is 2.29. The Balaban J connectivity index is 1.60. The molecule has 0 bridgehead atoms. The van der Waals surface area contributed by atoms with Gasteiger partial charge >= 0.3 is 0 Å². The first-order valence-electron chi connectivity index (χ1n) is 9.60. The predicted octanol–water partition coefficient (Wildman–Crippen LogP) is 3.88. The number of ketones is 1. The minimum absolute atomic E-state index is 0.115. The van der Waals surface area contributed by atoms with Gasteiger partial charge in [0.05, 0.1) is 36.8 Å². The van der Waals surface area contributed by atoms with Crippen molar-refractivity contribution in [3.8, 4) is 11.4 Å². The number of morpholine rings is 1. The summed E-state index contributed by atoms with van der Waals surface area (Å²) in [6.45, 7) is 2.47. The van der Waals surface area contributed by atoms with Crippen molar-refractivity contribution in [3.05, 3.63) is 58.9 Å². The van der Waals surface area contributed by atoms with Gasteiger partial charge in [0.25, 0.3) is 0 Å². The molecule has 162 valence electrons. The normalized spacial score (nSPS) is 14.0. The molecule has 31 heavy (non-hydrogen) atoms. The van der Waals surface area contributed by atoms with Gasteiger partial charge in [-0.25, -0.2) is 4.39 Å². The predicted molar refractivity (Wildman–Crippen MR) is 117 cm³/mol. The molecule has 10 heteroatoms. The zero-order valence-electron chi connectivity index (χ0n) is 16.8. The molecule has 1 aromatic heterocycles. The minimum atomic E-state index is -0.362. The van der Waals surface area contributed by atoms with E-state index in [1.807, 2.05) is 4.90 Å². The van der Waals surface area contributed by atoms with Crippen molar-refractivity contribution in [2.75, 3.05) is 44.1 Å². The third-order valence-corrected chi connectivity index (χ3v) is 6.01. The van der Waals surface area contributed by atoms with E-state index in [0.717, 1.165) is 0 Å². The molecular formula is C21H20ClFN4O3S. The van der Waals surface area contributed by atoms with Crippen molar-refractivity contribution >= 4 is 35.1 Å². The molecule has 0 aliphatic carbocycles. The Kier molecular flexibility index (Phi) is 6.74. The SMILES string of the molecule is COc1ccc(C(=O)CSc2nnc(N3CCOCC3)n2-c2cccc(F)c2)cc1Cl. The van der Waals surface area contributed by atoms with E-state index in [2.05, 4.69) is 10.2 Å². The van der Waals surface area contributed by atoms with E-state index in [1.165, 1.54) is 31.0 Å². The summed E-state index contributed by atoms with van der Waals surface area (Å²) in [5.41, 5.74) is 1.07. The van der Waals surface area contributed by atoms with Crippen LogP contribution in [0.3, 0.4) is 0 Å². The van der Waals surface area contributed by atoms with Crippen LogP contribution < -0.4 is 9.64 Å². The number of Topliss-reactive ketones (excluding diaryl/α,β-unsaturated/α-hetero) is 1. The third kappa shape index (κ3) is 4.84. The Morgan fingerprint density at radius 3 is 2.74 bits per heavy atom. The van der Waals surface area contributed by atoms with Crippen LogP contribution in [0.2, 0.25) is 5.02 Å². The van der Waals surface area contributed by atoms with Crippen LogP contribution in [0.25, 0.3) is 5.69 Å². The van der Waals surface area contributed by atoms with Gasteiger partial charge in [-0.3, -0.25) is 9.36 Å². The Labute approximate surface area is 188 Å². The summed E-state index contributed by atoms with van der Waals surface area (Å²) >= 11 is 7.37. The van der Waals surface area contributed by atoms with Crippen molar-refractivity contribution in [3.63, 3.8) is 0 Å². The van der Waals surface area contributed by atoms with Gasteiger partial charge in [-0.05, 0) is 36.4 Å². The molecule has 3 aromatic rings. The molecule has 0 radical (unpaired) electrons. The summed E-state index contributed by atoms with van der Waals surface area (Å²) in [6, 6.07) is 11.1. The molecule has 7 nitrogen and oxygen atoms in total. The van der Waals surface area contributed by atoms with Crippen molar-refractivity contribution in [2.24, 2.45) is 0 Å². The number of ether oxygens (including phenoxy) is 2. The molecule has 2 aromatic carbocycles. The van der Waals surface area contributed by atoms with Crippen molar-refractivity contribution in [1.82, 2.24) is 14.8 Å². The molecule has 0 amide bonds. The Morgan fingerprint density at radius 2 is 2.03 bits per heavy atom. The zero-order valence-corrected chi connectivity index (χ0v) is 18.3. The molecular weight excluding hydrogens is 443 g/mol. The number of rotatable bonds is 7. The highest BCUT2D eigenvalue weighted by atomic mass is 35.5. The zero-order chi connectivity index (χ0) is 21.8. The summed E-state index contributed by atoms with van der Waals surface area (Å²) < 4.78 is 26.2. The fourth-order valence-corrected chi connectivity index (χ4v) is 4.32. The first kappa shape index (κ1) is 21.6. The first-order chi connectivity index (χ1) is 15.1. The van der Waals surface area contributed by atoms with Gasteiger partial charge in [-0.2, -0.15) is 0 Å². The second-order valence-corrected chi connectivity index (χ2v) is 8.11. The number of thioether (sulfide) groups is 1. The van der Waals surface area contributed by atoms with E-state index in [9.17, 15) is 9.18 Å². The van der Waals surface area contributed by atoms with Crippen LogP contribution in [-0.4, -0.2) is 59.7 Å². The maximum absolute atomic E-state index is 13.9. The monoisotopic (exact) mass is 462 g/mol. The summed E-state index contributed by atoms with van der Waals surface area (Å²) in [4.78, 5) is 14.8. The van der Waals surface area contributed by atoms with Crippen molar-refractivity contribution in [2.45, 2.75) is 5.16 Å². The quantitative estimate of drug-likeness (QED) is 0.390. The molecule has 4 rings (SSSR count). The van der Waals surface area contributed by atoms with Gasteiger partial charge < -0.3 is 14.4 Å². The molecule has 2 heterocycles. The minimum Gasteiger partial charge on any atom is -0.495 e. The van der Waals surface area contributed by atoms with E-state index in [1.54, 1.807) is 34.9 Å². The standard InChI is InChI=1S/C21H20ClFN4O3S/c1-29-19-6-5-14(11-17(19)22)18(28)13-31-21-25-24-20(26-7-9-30-10-8-26)27(21)16-4-2-3-15(23)12-16/h2-6,11-12H,7-10,13H2,1H3. The van der Waals surface area contributed by atoms with Gasteiger partial charge in [0.2, 0.25) is 5.95 Å². The number of methoxy groups -OCH3 is 1. The van der Waals surface area contributed by atoms with Crippen LogP contribution in [0.4, 0.5) is 10.3 Å². The van der Waals surface area contributed by atoms with Crippen LogP contribution >= 0.6 is 23.4 Å². The number of carbonyl (C=O) groups excluding carboxylic acids is 1. The van der Waals surface area contributed by atoms with Crippen molar-refractivity contribution in [1.29, 1.82) is 0 Å². The Hall–Kier alpha value is -2.62. The van der Waals surface area contributed by atoms with E-state index < -0.39 is 0 Å². The lowest BCUT2D eigenvalue weighted by Gasteiger charge is -2.27. The smallest absolute Gasteiger partial charge is 0.232 e. The number of aromatic nitrogens is 3. The molecule has 1 saturated heterocycles. The number of hydrogen-bond acceptors (Lipinski definition) is 7. The van der Waals surface area contributed by atoms with E-state index >= 15 is 0 Å². The number of halogens is 2. The van der Waals surface area contributed by atoms with Gasteiger partial charge in [0, 0.05) is 18.7 Å². The highest BCUT2D eigenvalue weighted by Gasteiger charge is 2.23. The third-order valence-electron chi connectivity index (χ3n) is 4.78. The first-order valence-corrected chi connectivity index (χ1v) is 11.0. The topological polar surface area (TPSA) is 69.5 Å². The van der Waals surface area contributed by atoms with E-state index in [0.29, 0.717) is 59.4 Å². The van der Waals surface area contributed by atoms with Crippen LogP contribution in [0.5, 0.6) is 5.75 Å². The second kappa shape index (κ2) is 9.67. The number of nitrogens with zero attached hydrogens (tertiary/aromatic N) is 4. The van der Waals surface area contributed by atoms with Crippen LogP contribution in [0, 0.1) is 5.82 Å². The van der Waals surface area contributed by atoms with E-state index in [4.69, 9.17) is 21.1 Å². The van der Waals surface area contributed by atoms with Gasteiger partial charge in [-0.15, -0.1) is 10.2 Å². The van der Waals surface area contributed by atoms with Crippen LogP contribution in [0.1, 0.15) is 10.4 Å². The Bertz CT molecular complexity index is 1090. The average molecular weight is 463 g/mol. The van der Waals surface area contributed by atoms with Crippen LogP contribution in [-0.2, 0) is 4.74 Å². The summed E-state index contributed by atoms with van der Waals surface area (Å²) in [7, 11) is 1.52. The fourth-order valence-electron chi connectivity index (χ4n) is 3.22. The molecule has 0 N–H and O–H groups in total. The molecule has 1 fully saturated rings. The molecule has 1 aliphatic heterocycles. The molecule has 0 spiro atoms.